The molecule has 3 aromatic heterocycles. The van der Waals surface area contributed by atoms with E-state index in [1.54, 1.807) is 29.2 Å². The third-order valence-electron chi connectivity index (χ3n) is 12.8. The van der Waals surface area contributed by atoms with E-state index in [2.05, 4.69) is 62.5 Å². The van der Waals surface area contributed by atoms with Crippen molar-refractivity contribution in [3.63, 3.8) is 0 Å². The molecule has 2 aliphatic heterocycles. The lowest BCUT2D eigenvalue weighted by atomic mass is 9.72. The Bertz CT molecular complexity index is 2770. The number of anilines is 1. The largest absolute Gasteiger partial charge is 0.492 e. The van der Waals surface area contributed by atoms with Gasteiger partial charge in [-0.1, -0.05) is 54.8 Å². The number of piperidine rings is 1. The maximum atomic E-state index is 14.2. The van der Waals surface area contributed by atoms with Crippen LogP contribution in [-0.2, 0) is 10.0 Å². The van der Waals surface area contributed by atoms with Gasteiger partial charge in [-0.2, -0.15) is 0 Å². The molecule has 1 aliphatic carbocycles. The second-order valence-electron chi connectivity index (χ2n) is 17.8. The lowest BCUT2D eigenvalue weighted by Gasteiger charge is -2.39. The molecular weight excluding hydrogens is 844 g/mol. The standard InChI is InChI=1S/C47H52Cl2N8O4S/c1-47(2)16-12-34(39(27-47)32-4-6-35(48)7-5-32)29-55-20-22-56(23-21-55)36-8-10-38(42(25-36)57-43-24-33-13-17-50-45(33)52-41(43)28-51-57)46(58)53-62(59,60)37-9-11-44(40(49)26-37)61-30-31-14-18-54(3)19-15-31/h4-11,13,17,24-26,28,31,51H,12,14-16,18-23,27,29-30H2,1-3H3,(H,53,58). The first-order valence-corrected chi connectivity index (χ1v) is 23.6. The topological polar surface area (TPSA) is 129 Å². The molecule has 1 amide bonds. The zero-order valence-corrected chi connectivity index (χ0v) is 37.7. The highest BCUT2D eigenvalue weighted by Crippen LogP contribution is 2.43. The van der Waals surface area contributed by atoms with Crippen LogP contribution in [0.5, 0.6) is 5.75 Å². The van der Waals surface area contributed by atoms with E-state index in [4.69, 9.17) is 32.9 Å². The summed E-state index contributed by atoms with van der Waals surface area (Å²) in [5, 5.41) is 5.02. The summed E-state index contributed by atoms with van der Waals surface area (Å²) in [5.41, 5.74) is 7.98. The molecule has 15 heteroatoms. The van der Waals surface area contributed by atoms with Crippen molar-refractivity contribution in [3.8, 4) is 11.4 Å². The van der Waals surface area contributed by atoms with Crippen molar-refractivity contribution in [3.05, 3.63) is 112 Å². The van der Waals surface area contributed by atoms with Crippen LogP contribution >= 0.6 is 23.2 Å². The molecule has 6 aromatic rings. The number of fused-ring (bicyclic) bond motifs is 2. The van der Waals surface area contributed by atoms with Crippen LogP contribution in [0.2, 0.25) is 10.0 Å². The predicted molar refractivity (Wildman–Crippen MR) is 247 cm³/mol. The summed E-state index contributed by atoms with van der Waals surface area (Å²) in [4.78, 5) is 30.3. The molecule has 5 heterocycles. The Labute approximate surface area is 372 Å². The molecule has 0 radical (unpaired) electrons. The zero-order valence-electron chi connectivity index (χ0n) is 35.3. The average molecular weight is 896 g/mol. The molecule has 0 atom stereocenters. The summed E-state index contributed by atoms with van der Waals surface area (Å²) < 4.78 is 37.7. The molecule has 62 heavy (non-hydrogen) atoms. The second kappa shape index (κ2) is 17.3. The summed E-state index contributed by atoms with van der Waals surface area (Å²) in [6, 6.07) is 21.9. The number of nitrogens with zero attached hydrogens (tertiary/aromatic N) is 6. The highest BCUT2D eigenvalue weighted by atomic mass is 35.5. The molecule has 2 N–H and O–H groups in total. The van der Waals surface area contributed by atoms with Gasteiger partial charge in [0.25, 0.3) is 15.9 Å². The van der Waals surface area contributed by atoms with Crippen LogP contribution in [0.15, 0.2) is 95.7 Å². The second-order valence-corrected chi connectivity index (χ2v) is 20.4. The molecule has 0 spiro atoms. The van der Waals surface area contributed by atoms with Crippen molar-refractivity contribution in [1.82, 2.24) is 34.3 Å². The number of sulfonamides is 1. The van der Waals surface area contributed by atoms with Crippen LogP contribution in [0.4, 0.5) is 5.69 Å². The summed E-state index contributed by atoms with van der Waals surface area (Å²) in [6.45, 7) is 11.4. The van der Waals surface area contributed by atoms with Crippen LogP contribution in [0, 0.1) is 11.3 Å². The Kier molecular flexibility index (Phi) is 11.8. The Morgan fingerprint density at radius 2 is 1.73 bits per heavy atom. The maximum Gasteiger partial charge on any atom is 0.267 e. The van der Waals surface area contributed by atoms with Gasteiger partial charge < -0.3 is 14.5 Å². The number of pyridine rings is 1. The highest BCUT2D eigenvalue weighted by molar-refractivity contribution is 7.90. The number of benzene rings is 3. The number of aromatic amines is 1. The molecule has 0 unspecified atom stereocenters. The fourth-order valence-electron chi connectivity index (χ4n) is 9.05. The van der Waals surface area contributed by atoms with E-state index >= 15 is 0 Å². The molecule has 3 aliphatic rings. The number of aromatic nitrogens is 4. The smallest absolute Gasteiger partial charge is 0.267 e. The first-order chi connectivity index (χ1) is 29.8. The van der Waals surface area contributed by atoms with Crippen LogP contribution < -0.4 is 14.4 Å². The lowest BCUT2D eigenvalue weighted by Crippen LogP contribution is -2.47. The molecule has 3 aromatic carbocycles. The van der Waals surface area contributed by atoms with Gasteiger partial charge in [0, 0.05) is 61.2 Å². The first-order valence-electron chi connectivity index (χ1n) is 21.4. The van der Waals surface area contributed by atoms with Crippen LogP contribution in [0.25, 0.3) is 33.3 Å². The van der Waals surface area contributed by atoms with Crippen LogP contribution in [0.3, 0.4) is 0 Å². The highest BCUT2D eigenvalue weighted by Gasteiger charge is 2.30. The van der Waals surface area contributed by atoms with Crippen molar-refractivity contribution in [2.45, 2.75) is 50.8 Å². The van der Waals surface area contributed by atoms with Crippen molar-refractivity contribution >= 4 is 72.5 Å². The minimum Gasteiger partial charge on any atom is -0.492 e. The van der Waals surface area contributed by atoms with Crippen LogP contribution in [-0.4, -0.2) is 103 Å². The number of carbonyl (C=O) groups excluding carboxylic acids is 1. The number of nitrogens with one attached hydrogen (secondary N) is 2. The number of piperazine rings is 1. The fourth-order valence-corrected chi connectivity index (χ4v) is 10.5. The number of allylic oxidation sites excluding steroid dienone is 1. The van der Waals surface area contributed by atoms with Crippen molar-refractivity contribution < 1.29 is 17.9 Å². The van der Waals surface area contributed by atoms with Gasteiger partial charge in [-0.3, -0.25) is 19.5 Å². The molecular formula is C47H52Cl2N8O4S. The minimum absolute atomic E-state index is 0.139. The van der Waals surface area contributed by atoms with E-state index in [0.29, 0.717) is 40.6 Å². The van der Waals surface area contributed by atoms with E-state index in [1.165, 1.54) is 28.8 Å². The maximum absolute atomic E-state index is 14.2. The fraction of sp³-hybridized carbons (Fsp3) is 0.383. The number of ether oxygens (including phenoxy) is 1. The molecule has 2 saturated heterocycles. The Morgan fingerprint density at radius 3 is 2.48 bits per heavy atom. The number of halogens is 2. The number of H-pyrrole nitrogens is 1. The normalized spacial score (nSPS) is 18.2. The average Bonchev–Trinajstić information content (AvgIpc) is 3.90. The summed E-state index contributed by atoms with van der Waals surface area (Å²) >= 11 is 12.8. The monoisotopic (exact) mass is 894 g/mol. The van der Waals surface area contributed by atoms with E-state index in [1.807, 2.05) is 36.4 Å². The van der Waals surface area contributed by atoms with Gasteiger partial charge in [0.2, 0.25) is 0 Å². The minimum atomic E-state index is -4.33. The van der Waals surface area contributed by atoms with Gasteiger partial charge in [-0.25, -0.2) is 23.1 Å². The number of hydrogen-bond acceptors (Lipinski definition) is 9. The Hall–Kier alpha value is -4.92. The van der Waals surface area contributed by atoms with Gasteiger partial charge in [0.05, 0.1) is 33.3 Å². The zero-order chi connectivity index (χ0) is 43.2. The first kappa shape index (κ1) is 42.4. The molecule has 9 rings (SSSR count). The number of amides is 1. The van der Waals surface area contributed by atoms with Gasteiger partial charge >= 0.3 is 0 Å². The molecule has 2 fully saturated rings. The summed E-state index contributed by atoms with van der Waals surface area (Å²) in [6.07, 6.45) is 8.78. The molecule has 0 bridgehead atoms. The van der Waals surface area contributed by atoms with Gasteiger partial charge in [-0.05, 0) is 135 Å². The van der Waals surface area contributed by atoms with Gasteiger partial charge in [0.1, 0.15) is 11.3 Å². The van der Waals surface area contributed by atoms with Crippen molar-refractivity contribution in [2.24, 2.45) is 11.3 Å². The van der Waals surface area contributed by atoms with Gasteiger partial charge in [-0.15, -0.1) is 0 Å². The third-order valence-corrected chi connectivity index (χ3v) is 14.7. The molecule has 324 valence electrons. The number of carbonyl (C=O) groups is 1. The molecule has 0 saturated carbocycles. The SMILES string of the molecule is CN1CCC(COc2ccc(S(=O)(=O)NC(=O)c3ccc(N4CCN(CC5=C(c6ccc(Cl)cc6)CC(C)(C)CC5)CC4)cc3-n3[nH]cc4nc5nccc5cc43)cc2Cl)CC1. The quantitative estimate of drug-likeness (QED) is 0.131. The summed E-state index contributed by atoms with van der Waals surface area (Å²) in [7, 11) is -2.22. The number of rotatable bonds is 11. The third kappa shape index (κ3) is 9.10. The number of hydrogen-bond donors (Lipinski definition) is 2. The molecule has 12 nitrogen and oxygen atoms in total. The van der Waals surface area contributed by atoms with E-state index in [9.17, 15) is 13.2 Å². The summed E-state index contributed by atoms with van der Waals surface area (Å²) in [5.74, 6) is 0.0277. The van der Waals surface area contributed by atoms with Crippen LogP contribution in [0.1, 0.15) is 61.9 Å². The Balaban J connectivity index is 0.955. The van der Waals surface area contributed by atoms with E-state index in [0.717, 1.165) is 94.0 Å². The Morgan fingerprint density at radius 1 is 0.952 bits per heavy atom. The predicted octanol–water partition coefficient (Wildman–Crippen LogP) is 8.83. The van der Waals surface area contributed by atoms with Gasteiger partial charge in [0.15, 0.2) is 5.65 Å². The van der Waals surface area contributed by atoms with Crippen molar-refractivity contribution in [2.75, 3.05) is 64.4 Å². The van der Waals surface area contributed by atoms with E-state index < -0.39 is 15.9 Å². The number of likely N-dealkylation sites (tertiary alicyclic amines) is 1. The van der Waals surface area contributed by atoms with Crippen molar-refractivity contribution in [1.29, 1.82) is 0 Å². The van der Waals surface area contributed by atoms with E-state index in [-0.39, 0.29) is 20.9 Å². The lowest BCUT2D eigenvalue weighted by molar-refractivity contribution is 0.0981.